The summed E-state index contributed by atoms with van der Waals surface area (Å²) in [5, 5.41) is 10.9. The van der Waals surface area contributed by atoms with Crippen molar-refractivity contribution in [2.75, 3.05) is 12.3 Å². The molecule has 1 aromatic rings. The van der Waals surface area contributed by atoms with Crippen LogP contribution in [-0.2, 0) is 0 Å². The summed E-state index contributed by atoms with van der Waals surface area (Å²) < 4.78 is 0. The molecule has 1 aliphatic carbocycles. The van der Waals surface area contributed by atoms with Crippen LogP contribution in [0, 0.1) is 16.0 Å². The van der Waals surface area contributed by atoms with Gasteiger partial charge in [0, 0.05) is 18.7 Å². The fourth-order valence-electron chi connectivity index (χ4n) is 2.16. The predicted molar refractivity (Wildman–Crippen MR) is 76.4 cm³/mol. The van der Waals surface area contributed by atoms with Crippen molar-refractivity contribution in [3.63, 3.8) is 0 Å². The highest BCUT2D eigenvalue weighted by Crippen LogP contribution is 2.32. The van der Waals surface area contributed by atoms with Crippen LogP contribution in [0.5, 0.6) is 0 Å². The van der Waals surface area contributed by atoms with Gasteiger partial charge in [0.2, 0.25) is 0 Å². The van der Waals surface area contributed by atoms with Crippen LogP contribution in [0.25, 0.3) is 0 Å². The van der Waals surface area contributed by atoms with Crippen LogP contribution in [0.4, 0.5) is 11.4 Å². The van der Waals surface area contributed by atoms with Gasteiger partial charge < -0.3 is 10.6 Å². The molecule has 2 N–H and O–H groups in total. The second-order valence-electron chi connectivity index (χ2n) is 5.49. The molecule has 0 aromatic heterocycles. The van der Waals surface area contributed by atoms with E-state index in [9.17, 15) is 14.9 Å². The SMILES string of the molecule is CC(C)N(CC1CC1)C(=O)c1cccc([N+](=O)[O-])c1N. The average Bonchev–Trinajstić information content (AvgIpc) is 3.18. The summed E-state index contributed by atoms with van der Waals surface area (Å²) in [5.41, 5.74) is 5.73. The number of anilines is 1. The van der Waals surface area contributed by atoms with Crippen molar-refractivity contribution < 1.29 is 9.72 Å². The lowest BCUT2D eigenvalue weighted by molar-refractivity contribution is -0.383. The van der Waals surface area contributed by atoms with Crippen molar-refractivity contribution in [2.24, 2.45) is 5.92 Å². The van der Waals surface area contributed by atoms with E-state index in [0.717, 1.165) is 12.8 Å². The average molecular weight is 277 g/mol. The second kappa shape index (κ2) is 5.48. The highest BCUT2D eigenvalue weighted by molar-refractivity contribution is 6.01. The maximum Gasteiger partial charge on any atom is 0.292 e. The Kier molecular flexibility index (Phi) is 3.92. The van der Waals surface area contributed by atoms with E-state index >= 15 is 0 Å². The van der Waals surface area contributed by atoms with Gasteiger partial charge in [-0.05, 0) is 38.7 Å². The van der Waals surface area contributed by atoms with E-state index in [1.165, 1.54) is 12.1 Å². The van der Waals surface area contributed by atoms with E-state index in [2.05, 4.69) is 0 Å². The molecular formula is C14H19N3O3. The first-order chi connectivity index (χ1) is 9.41. The molecule has 0 atom stereocenters. The molecule has 20 heavy (non-hydrogen) atoms. The molecule has 0 bridgehead atoms. The maximum absolute atomic E-state index is 12.6. The summed E-state index contributed by atoms with van der Waals surface area (Å²) in [7, 11) is 0. The Labute approximate surface area is 117 Å². The van der Waals surface area contributed by atoms with E-state index in [1.807, 2.05) is 13.8 Å². The lowest BCUT2D eigenvalue weighted by atomic mass is 10.1. The number of nitrogens with two attached hydrogens (primary N) is 1. The van der Waals surface area contributed by atoms with Gasteiger partial charge in [-0.15, -0.1) is 0 Å². The monoisotopic (exact) mass is 277 g/mol. The Morgan fingerprint density at radius 2 is 2.15 bits per heavy atom. The summed E-state index contributed by atoms with van der Waals surface area (Å²) in [6, 6.07) is 4.40. The minimum Gasteiger partial charge on any atom is -0.393 e. The highest BCUT2D eigenvalue weighted by atomic mass is 16.6. The fraction of sp³-hybridized carbons (Fsp3) is 0.500. The third-order valence-corrected chi connectivity index (χ3v) is 3.55. The van der Waals surface area contributed by atoms with E-state index in [4.69, 9.17) is 5.73 Å². The van der Waals surface area contributed by atoms with Crippen LogP contribution in [0.1, 0.15) is 37.0 Å². The molecule has 108 valence electrons. The van der Waals surface area contributed by atoms with Crippen molar-refractivity contribution in [3.05, 3.63) is 33.9 Å². The van der Waals surface area contributed by atoms with Crippen molar-refractivity contribution in [2.45, 2.75) is 32.7 Å². The standard InChI is InChI=1S/C14H19N3O3/c1-9(2)16(8-10-6-7-10)14(18)11-4-3-5-12(13(11)15)17(19)20/h3-5,9-10H,6-8,15H2,1-2H3. The molecule has 2 rings (SSSR count). The Bertz CT molecular complexity index is 538. The first-order valence-corrected chi connectivity index (χ1v) is 6.75. The van der Waals surface area contributed by atoms with Gasteiger partial charge in [-0.1, -0.05) is 6.07 Å². The first-order valence-electron chi connectivity index (χ1n) is 6.75. The lowest BCUT2D eigenvalue weighted by Gasteiger charge is -2.27. The molecule has 6 nitrogen and oxygen atoms in total. The van der Waals surface area contributed by atoms with Crippen molar-refractivity contribution in [1.29, 1.82) is 0 Å². The van der Waals surface area contributed by atoms with Crippen LogP contribution in [0.2, 0.25) is 0 Å². The van der Waals surface area contributed by atoms with Crippen LogP contribution >= 0.6 is 0 Å². The number of hydrogen-bond acceptors (Lipinski definition) is 4. The lowest BCUT2D eigenvalue weighted by Crippen LogP contribution is -2.38. The summed E-state index contributed by atoms with van der Waals surface area (Å²) in [6.45, 7) is 4.57. The van der Waals surface area contributed by atoms with Gasteiger partial charge in [-0.3, -0.25) is 14.9 Å². The van der Waals surface area contributed by atoms with Gasteiger partial charge in [0.05, 0.1) is 10.5 Å². The third kappa shape index (κ3) is 2.89. The van der Waals surface area contributed by atoms with E-state index in [-0.39, 0.29) is 28.9 Å². The quantitative estimate of drug-likeness (QED) is 0.508. The molecular weight excluding hydrogens is 258 g/mol. The van der Waals surface area contributed by atoms with Crippen LogP contribution in [-0.4, -0.2) is 28.3 Å². The number of benzene rings is 1. The summed E-state index contributed by atoms with van der Waals surface area (Å²) in [5.74, 6) is 0.328. The molecule has 1 saturated carbocycles. The van der Waals surface area contributed by atoms with Gasteiger partial charge in [0.25, 0.3) is 11.6 Å². The van der Waals surface area contributed by atoms with E-state index < -0.39 is 4.92 Å². The van der Waals surface area contributed by atoms with E-state index in [0.29, 0.717) is 12.5 Å². The molecule has 0 spiro atoms. The number of carbonyl (C=O) groups excluding carboxylic acids is 1. The van der Waals surface area contributed by atoms with Crippen molar-refractivity contribution >= 4 is 17.3 Å². The minimum absolute atomic E-state index is 0.0433. The fourth-order valence-corrected chi connectivity index (χ4v) is 2.16. The number of hydrogen-bond donors (Lipinski definition) is 1. The second-order valence-corrected chi connectivity index (χ2v) is 5.49. The number of rotatable bonds is 5. The van der Waals surface area contributed by atoms with Gasteiger partial charge >= 0.3 is 0 Å². The largest absolute Gasteiger partial charge is 0.393 e. The zero-order valence-corrected chi connectivity index (χ0v) is 11.7. The number of nitro benzene ring substituents is 1. The molecule has 1 fully saturated rings. The molecule has 1 aliphatic rings. The number of nitro groups is 1. The number of para-hydroxylation sites is 1. The van der Waals surface area contributed by atoms with Crippen LogP contribution < -0.4 is 5.73 Å². The van der Waals surface area contributed by atoms with Crippen LogP contribution in [0.15, 0.2) is 18.2 Å². The number of nitrogens with zero attached hydrogens (tertiary/aromatic N) is 2. The smallest absolute Gasteiger partial charge is 0.292 e. The maximum atomic E-state index is 12.6. The molecule has 0 radical (unpaired) electrons. The van der Waals surface area contributed by atoms with Gasteiger partial charge in [0.15, 0.2) is 0 Å². The Balaban J connectivity index is 2.30. The van der Waals surface area contributed by atoms with Crippen LogP contribution in [0.3, 0.4) is 0 Å². The Morgan fingerprint density at radius 1 is 1.50 bits per heavy atom. The zero-order valence-electron chi connectivity index (χ0n) is 11.7. The van der Waals surface area contributed by atoms with E-state index in [1.54, 1.807) is 11.0 Å². The number of amides is 1. The molecule has 6 heteroatoms. The highest BCUT2D eigenvalue weighted by Gasteiger charge is 2.30. The normalized spacial score (nSPS) is 14.3. The van der Waals surface area contributed by atoms with Gasteiger partial charge in [0.1, 0.15) is 5.69 Å². The molecule has 0 unspecified atom stereocenters. The molecule has 0 aliphatic heterocycles. The van der Waals surface area contributed by atoms with Crippen molar-refractivity contribution in [3.8, 4) is 0 Å². The Hall–Kier alpha value is -2.11. The molecule has 1 amide bonds. The summed E-state index contributed by atoms with van der Waals surface area (Å²) >= 11 is 0. The number of nitrogen functional groups attached to an aromatic ring is 1. The Morgan fingerprint density at radius 3 is 2.65 bits per heavy atom. The zero-order chi connectivity index (χ0) is 14.9. The topological polar surface area (TPSA) is 89.5 Å². The number of carbonyl (C=O) groups is 1. The van der Waals surface area contributed by atoms with Crippen molar-refractivity contribution in [1.82, 2.24) is 4.90 Å². The molecule has 0 heterocycles. The predicted octanol–water partition coefficient (Wildman–Crippen LogP) is 2.44. The summed E-state index contributed by atoms with van der Waals surface area (Å²) in [6.07, 6.45) is 2.28. The minimum atomic E-state index is -0.563. The molecule has 0 saturated heterocycles. The van der Waals surface area contributed by atoms with Gasteiger partial charge in [-0.2, -0.15) is 0 Å². The first kappa shape index (κ1) is 14.3. The van der Waals surface area contributed by atoms with Gasteiger partial charge in [-0.25, -0.2) is 0 Å². The molecule has 1 aromatic carbocycles. The summed E-state index contributed by atoms with van der Waals surface area (Å²) in [4.78, 5) is 24.6. The third-order valence-electron chi connectivity index (χ3n) is 3.55.